The van der Waals surface area contributed by atoms with Crippen molar-refractivity contribution in [1.82, 2.24) is 16.0 Å². The number of ketones is 1. The third-order valence-corrected chi connectivity index (χ3v) is 3.04. The van der Waals surface area contributed by atoms with Gasteiger partial charge < -0.3 is 21.1 Å². The highest BCUT2D eigenvalue weighted by molar-refractivity contribution is 6.38. The van der Waals surface area contributed by atoms with Gasteiger partial charge in [-0.1, -0.05) is 13.8 Å². The molecule has 0 spiro atoms. The first-order chi connectivity index (χ1) is 9.32. The minimum absolute atomic E-state index is 0.277. The Morgan fingerprint density at radius 2 is 2.00 bits per heavy atom. The average molecular weight is 285 g/mol. The molecule has 3 amide bonds. The van der Waals surface area contributed by atoms with Crippen LogP contribution in [-0.4, -0.2) is 47.4 Å². The predicted octanol–water partition coefficient (Wildman–Crippen LogP) is -0.757. The zero-order chi connectivity index (χ0) is 15.3. The van der Waals surface area contributed by atoms with Crippen molar-refractivity contribution in [2.75, 3.05) is 6.54 Å². The van der Waals surface area contributed by atoms with Crippen molar-refractivity contribution >= 4 is 23.7 Å². The maximum Gasteiger partial charge on any atom is 0.405 e. The molecular formula is C12H19N3O5. The van der Waals surface area contributed by atoms with Gasteiger partial charge in [-0.2, -0.15) is 0 Å². The zero-order valence-corrected chi connectivity index (χ0v) is 11.4. The van der Waals surface area contributed by atoms with E-state index in [2.05, 4.69) is 16.0 Å². The van der Waals surface area contributed by atoms with Crippen LogP contribution in [0.5, 0.6) is 0 Å². The first-order valence-corrected chi connectivity index (χ1v) is 6.44. The van der Waals surface area contributed by atoms with Crippen LogP contribution in [0.4, 0.5) is 4.79 Å². The minimum Gasteiger partial charge on any atom is -0.465 e. The summed E-state index contributed by atoms with van der Waals surface area (Å²) in [5.74, 6) is -2.30. The van der Waals surface area contributed by atoms with Crippen LogP contribution in [0.1, 0.15) is 26.7 Å². The molecule has 0 bridgehead atoms. The molecule has 0 aromatic rings. The molecule has 1 aliphatic rings. The van der Waals surface area contributed by atoms with Crippen molar-refractivity contribution in [3.8, 4) is 0 Å². The monoisotopic (exact) mass is 285 g/mol. The Morgan fingerprint density at radius 1 is 1.35 bits per heavy atom. The highest BCUT2D eigenvalue weighted by atomic mass is 16.4. The van der Waals surface area contributed by atoms with Crippen LogP contribution in [0.3, 0.4) is 0 Å². The molecule has 8 heteroatoms. The first kappa shape index (κ1) is 15.9. The van der Waals surface area contributed by atoms with Gasteiger partial charge in [0.15, 0.2) is 0 Å². The van der Waals surface area contributed by atoms with Crippen LogP contribution in [0.25, 0.3) is 0 Å². The molecule has 1 aliphatic heterocycles. The molecule has 1 unspecified atom stereocenters. The van der Waals surface area contributed by atoms with Gasteiger partial charge in [0, 0.05) is 6.54 Å². The van der Waals surface area contributed by atoms with Crippen molar-refractivity contribution in [2.45, 2.75) is 38.8 Å². The number of nitrogens with one attached hydrogen (secondary N) is 3. The Labute approximate surface area is 116 Å². The van der Waals surface area contributed by atoms with Gasteiger partial charge in [-0.15, -0.1) is 0 Å². The largest absolute Gasteiger partial charge is 0.465 e. The number of Topliss-reactive ketones (excluding diaryl/α,β-unsaturated/α-hetero) is 1. The molecule has 8 nitrogen and oxygen atoms in total. The van der Waals surface area contributed by atoms with E-state index in [1.54, 1.807) is 13.8 Å². The summed E-state index contributed by atoms with van der Waals surface area (Å²) in [6.45, 7) is 3.75. The summed E-state index contributed by atoms with van der Waals surface area (Å²) in [5, 5.41) is 15.7. The summed E-state index contributed by atoms with van der Waals surface area (Å²) in [6.07, 6.45) is -0.397. The number of carbonyl (C=O) groups is 4. The minimum atomic E-state index is -1.32. The second kappa shape index (κ2) is 6.88. The van der Waals surface area contributed by atoms with E-state index in [0.717, 1.165) is 0 Å². The van der Waals surface area contributed by atoms with Crippen molar-refractivity contribution < 1.29 is 24.3 Å². The molecule has 1 rings (SSSR count). The zero-order valence-electron chi connectivity index (χ0n) is 11.4. The highest BCUT2D eigenvalue weighted by Gasteiger charge is 2.32. The summed E-state index contributed by atoms with van der Waals surface area (Å²) in [6, 6.07) is -1.87. The predicted molar refractivity (Wildman–Crippen MR) is 69.0 cm³/mol. The van der Waals surface area contributed by atoms with E-state index in [1.807, 2.05) is 0 Å². The Morgan fingerprint density at radius 3 is 2.55 bits per heavy atom. The molecular weight excluding hydrogens is 266 g/mol. The third kappa shape index (κ3) is 4.22. The fraction of sp³-hybridized carbons (Fsp3) is 0.667. The molecule has 0 radical (unpaired) electrons. The van der Waals surface area contributed by atoms with E-state index in [9.17, 15) is 19.2 Å². The van der Waals surface area contributed by atoms with E-state index in [4.69, 9.17) is 5.11 Å². The Kier molecular flexibility index (Phi) is 5.48. The summed E-state index contributed by atoms with van der Waals surface area (Å²) in [7, 11) is 0. The SMILES string of the molecule is CC(C)[C@H](NC(=O)O)C(=O)NC1CCCNC(=O)C1=O. The molecule has 112 valence electrons. The van der Waals surface area contributed by atoms with Crippen LogP contribution < -0.4 is 16.0 Å². The Bertz CT molecular complexity index is 421. The lowest BCUT2D eigenvalue weighted by Crippen LogP contribution is -2.54. The third-order valence-electron chi connectivity index (χ3n) is 3.04. The lowest BCUT2D eigenvalue weighted by molar-refractivity contribution is -0.139. The normalized spacial score (nSPS) is 20.9. The van der Waals surface area contributed by atoms with Gasteiger partial charge in [0.2, 0.25) is 11.7 Å². The average Bonchev–Trinajstić information content (AvgIpc) is 2.51. The number of carbonyl (C=O) groups excluding carboxylic acids is 3. The van der Waals surface area contributed by atoms with Gasteiger partial charge in [0.25, 0.3) is 5.91 Å². The number of rotatable bonds is 4. The van der Waals surface area contributed by atoms with Crippen molar-refractivity contribution in [3.63, 3.8) is 0 Å². The van der Waals surface area contributed by atoms with Crippen molar-refractivity contribution in [1.29, 1.82) is 0 Å². The lowest BCUT2D eigenvalue weighted by atomic mass is 10.0. The van der Waals surface area contributed by atoms with E-state index in [0.29, 0.717) is 19.4 Å². The van der Waals surface area contributed by atoms with Gasteiger partial charge >= 0.3 is 6.09 Å². The fourth-order valence-corrected chi connectivity index (χ4v) is 1.95. The summed E-state index contributed by atoms with van der Waals surface area (Å²) in [5.41, 5.74) is 0. The number of amides is 3. The van der Waals surface area contributed by atoms with Gasteiger partial charge in [0.1, 0.15) is 6.04 Å². The number of hydrogen-bond acceptors (Lipinski definition) is 4. The molecule has 1 heterocycles. The van der Waals surface area contributed by atoms with E-state index in [1.165, 1.54) is 0 Å². The maximum absolute atomic E-state index is 12.0. The van der Waals surface area contributed by atoms with Crippen LogP contribution in [-0.2, 0) is 14.4 Å². The van der Waals surface area contributed by atoms with Gasteiger partial charge in [-0.3, -0.25) is 14.4 Å². The second-order valence-electron chi connectivity index (χ2n) is 4.99. The smallest absolute Gasteiger partial charge is 0.405 e. The Hall–Kier alpha value is -2.12. The number of carboxylic acid groups (broad SMARTS) is 1. The molecule has 20 heavy (non-hydrogen) atoms. The Balaban J connectivity index is 2.73. The molecule has 0 aliphatic carbocycles. The standard InChI is InChI=1S/C12H19N3O5/c1-6(2)8(15-12(19)20)10(17)14-7-4-3-5-13-11(18)9(7)16/h6-8,15H,3-5H2,1-2H3,(H,13,18)(H,14,17)(H,19,20)/t7?,8-/m0/s1. The van der Waals surface area contributed by atoms with Crippen molar-refractivity contribution in [2.24, 2.45) is 5.92 Å². The summed E-state index contributed by atoms with van der Waals surface area (Å²) >= 11 is 0. The van der Waals surface area contributed by atoms with Crippen LogP contribution in [0.2, 0.25) is 0 Å². The maximum atomic E-state index is 12.0. The fourth-order valence-electron chi connectivity index (χ4n) is 1.95. The molecule has 2 atom stereocenters. The molecule has 1 fully saturated rings. The first-order valence-electron chi connectivity index (χ1n) is 6.44. The van der Waals surface area contributed by atoms with Gasteiger partial charge in [-0.25, -0.2) is 4.79 Å². The van der Waals surface area contributed by atoms with Crippen LogP contribution >= 0.6 is 0 Å². The molecule has 0 aromatic heterocycles. The van der Waals surface area contributed by atoms with Gasteiger partial charge in [0.05, 0.1) is 6.04 Å². The van der Waals surface area contributed by atoms with Crippen LogP contribution in [0.15, 0.2) is 0 Å². The molecule has 0 aromatic carbocycles. The quantitative estimate of drug-likeness (QED) is 0.505. The molecule has 0 saturated carbocycles. The van der Waals surface area contributed by atoms with Gasteiger partial charge in [-0.05, 0) is 18.8 Å². The molecule has 1 saturated heterocycles. The topological polar surface area (TPSA) is 125 Å². The lowest BCUT2D eigenvalue weighted by Gasteiger charge is -2.22. The molecule has 4 N–H and O–H groups in total. The van der Waals surface area contributed by atoms with E-state index >= 15 is 0 Å². The second-order valence-corrected chi connectivity index (χ2v) is 4.99. The highest BCUT2D eigenvalue weighted by Crippen LogP contribution is 2.06. The summed E-state index contributed by atoms with van der Waals surface area (Å²) < 4.78 is 0. The summed E-state index contributed by atoms with van der Waals surface area (Å²) in [4.78, 5) is 45.8. The van der Waals surface area contributed by atoms with E-state index < -0.39 is 35.8 Å². The van der Waals surface area contributed by atoms with Crippen molar-refractivity contribution in [3.05, 3.63) is 0 Å². The van der Waals surface area contributed by atoms with Crippen LogP contribution in [0, 0.1) is 5.92 Å². The van der Waals surface area contributed by atoms with E-state index in [-0.39, 0.29) is 5.92 Å². The number of hydrogen-bond donors (Lipinski definition) is 4.